The molecule has 17 heavy (non-hydrogen) atoms. The van der Waals surface area contributed by atoms with E-state index in [1.807, 2.05) is 30.0 Å². The first kappa shape index (κ1) is 13.8. The van der Waals surface area contributed by atoms with Gasteiger partial charge in [0.1, 0.15) is 5.75 Å². The summed E-state index contributed by atoms with van der Waals surface area (Å²) in [6.07, 6.45) is -0.603. The summed E-state index contributed by atoms with van der Waals surface area (Å²) < 4.78 is 5.27. The molecule has 0 aromatic heterocycles. The van der Waals surface area contributed by atoms with E-state index >= 15 is 0 Å². The molecule has 0 saturated heterocycles. The number of anilines is 1. The van der Waals surface area contributed by atoms with Gasteiger partial charge in [-0.15, -0.1) is 0 Å². The highest BCUT2D eigenvalue weighted by Gasteiger charge is 2.17. The van der Waals surface area contributed by atoms with Crippen molar-refractivity contribution in [3.05, 3.63) is 23.8 Å². The molecule has 4 heteroatoms. The number of rotatable bonds is 6. The van der Waals surface area contributed by atoms with Gasteiger partial charge in [0, 0.05) is 24.3 Å². The third kappa shape index (κ3) is 3.11. The third-order valence-electron chi connectivity index (χ3n) is 2.77. The van der Waals surface area contributed by atoms with Crippen LogP contribution in [-0.2, 0) is 0 Å². The smallest absolute Gasteiger partial charge is 0.126 e. The molecule has 0 aliphatic heterocycles. The third-order valence-corrected chi connectivity index (χ3v) is 2.77. The van der Waals surface area contributed by atoms with E-state index in [1.165, 1.54) is 0 Å². The molecule has 0 spiro atoms. The Labute approximate surface area is 102 Å². The molecule has 1 aromatic carbocycles. The Morgan fingerprint density at radius 3 is 2.59 bits per heavy atom. The lowest BCUT2D eigenvalue weighted by molar-refractivity contribution is 0.194. The highest BCUT2D eigenvalue weighted by molar-refractivity contribution is 5.60. The van der Waals surface area contributed by atoms with E-state index in [4.69, 9.17) is 9.84 Å². The number of likely N-dealkylation sites (N-methyl/N-ethyl adjacent to an activating group) is 1. The fourth-order valence-corrected chi connectivity index (χ4v) is 1.98. The molecular formula is C13H21NO3. The molecule has 0 fully saturated rings. The van der Waals surface area contributed by atoms with Gasteiger partial charge in [-0.1, -0.05) is 6.07 Å². The van der Waals surface area contributed by atoms with Gasteiger partial charge in [-0.2, -0.15) is 0 Å². The van der Waals surface area contributed by atoms with Crippen LogP contribution in [0.4, 0.5) is 5.69 Å². The Morgan fingerprint density at radius 1 is 1.41 bits per heavy atom. The summed E-state index contributed by atoms with van der Waals surface area (Å²) in [4.78, 5) is 2.02. The van der Waals surface area contributed by atoms with Crippen molar-refractivity contribution in [3.8, 4) is 5.75 Å². The first-order valence-electron chi connectivity index (χ1n) is 5.86. The van der Waals surface area contributed by atoms with Crippen molar-refractivity contribution in [2.75, 3.05) is 31.7 Å². The van der Waals surface area contributed by atoms with Gasteiger partial charge in [0.05, 0.1) is 19.8 Å². The molecule has 1 atom stereocenters. The van der Waals surface area contributed by atoms with Gasteiger partial charge in [-0.3, -0.25) is 0 Å². The van der Waals surface area contributed by atoms with E-state index < -0.39 is 6.10 Å². The summed E-state index contributed by atoms with van der Waals surface area (Å²) in [6.45, 7) is 5.14. The minimum atomic E-state index is -0.603. The van der Waals surface area contributed by atoms with Gasteiger partial charge in [-0.05, 0) is 26.0 Å². The summed E-state index contributed by atoms with van der Waals surface area (Å²) >= 11 is 0. The zero-order valence-electron chi connectivity index (χ0n) is 10.7. The maximum atomic E-state index is 9.86. The largest absolute Gasteiger partial charge is 0.496 e. The van der Waals surface area contributed by atoms with Crippen molar-refractivity contribution >= 4 is 5.69 Å². The summed E-state index contributed by atoms with van der Waals surface area (Å²) in [7, 11) is 1.59. The molecule has 4 nitrogen and oxygen atoms in total. The molecular weight excluding hydrogens is 218 g/mol. The van der Waals surface area contributed by atoms with Crippen molar-refractivity contribution in [3.63, 3.8) is 0 Å². The molecule has 2 N–H and O–H groups in total. The Bertz CT molecular complexity index is 353. The molecule has 0 amide bonds. The fourth-order valence-electron chi connectivity index (χ4n) is 1.98. The van der Waals surface area contributed by atoms with E-state index in [0.29, 0.717) is 12.3 Å². The predicted octanol–water partition coefficient (Wildman–Crippen LogP) is 1.57. The zero-order valence-corrected chi connectivity index (χ0v) is 10.7. The number of aliphatic hydroxyl groups is 2. The van der Waals surface area contributed by atoms with E-state index in [1.54, 1.807) is 14.0 Å². The van der Waals surface area contributed by atoms with E-state index in [0.717, 1.165) is 17.8 Å². The van der Waals surface area contributed by atoms with Gasteiger partial charge in [-0.25, -0.2) is 0 Å². The van der Waals surface area contributed by atoms with Crippen LogP contribution in [0.25, 0.3) is 0 Å². The van der Waals surface area contributed by atoms with Crippen LogP contribution in [0.5, 0.6) is 5.75 Å². The summed E-state index contributed by atoms with van der Waals surface area (Å²) in [6, 6.07) is 5.65. The molecule has 0 aliphatic carbocycles. The van der Waals surface area contributed by atoms with Crippen molar-refractivity contribution in [2.24, 2.45) is 0 Å². The Hall–Kier alpha value is -1.26. The van der Waals surface area contributed by atoms with Crippen LogP contribution in [0.3, 0.4) is 0 Å². The van der Waals surface area contributed by atoms with Crippen LogP contribution in [0.1, 0.15) is 25.5 Å². The maximum absolute atomic E-state index is 9.86. The standard InChI is InChI=1S/C13H21NO3/c1-4-14(8-9-15)11-6-5-7-12(17-3)13(11)10(2)16/h5-7,10,15-16H,4,8-9H2,1-3H3/t10-/m0/s1. The van der Waals surface area contributed by atoms with Crippen LogP contribution < -0.4 is 9.64 Å². The van der Waals surface area contributed by atoms with Gasteiger partial charge >= 0.3 is 0 Å². The van der Waals surface area contributed by atoms with Gasteiger partial charge in [0.2, 0.25) is 0 Å². The molecule has 0 unspecified atom stereocenters. The second kappa shape index (κ2) is 6.47. The molecule has 0 heterocycles. The first-order valence-corrected chi connectivity index (χ1v) is 5.86. The number of nitrogens with zero attached hydrogens (tertiary/aromatic N) is 1. The number of aliphatic hydroxyl groups excluding tert-OH is 2. The highest BCUT2D eigenvalue weighted by Crippen LogP contribution is 2.34. The Balaban J connectivity index is 3.20. The van der Waals surface area contributed by atoms with E-state index in [9.17, 15) is 5.11 Å². The van der Waals surface area contributed by atoms with E-state index in [2.05, 4.69) is 0 Å². The van der Waals surface area contributed by atoms with Crippen LogP contribution in [-0.4, -0.2) is 37.0 Å². The van der Waals surface area contributed by atoms with Crippen molar-refractivity contribution in [1.82, 2.24) is 0 Å². The molecule has 0 aliphatic rings. The normalized spacial score (nSPS) is 12.3. The second-order valence-electron chi connectivity index (χ2n) is 3.87. The second-order valence-corrected chi connectivity index (χ2v) is 3.87. The molecule has 0 saturated carbocycles. The minimum absolute atomic E-state index is 0.0876. The van der Waals surface area contributed by atoms with Crippen LogP contribution in [0, 0.1) is 0 Å². The molecule has 0 radical (unpaired) electrons. The lowest BCUT2D eigenvalue weighted by Crippen LogP contribution is -2.27. The van der Waals surface area contributed by atoms with Crippen molar-refractivity contribution in [1.29, 1.82) is 0 Å². The Morgan fingerprint density at radius 2 is 2.12 bits per heavy atom. The average molecular weight is 239 g/mol. The number of hydrogen-bond acceptors (Lipinski definition) is 4. The molecule has 0 bridgehead atoms. The first-order chi connectivity index (χ1) is 8.15. The predicted molar refractivity (Wildman–Crippen MR) is 68.6 cm³/mol. The van der Waals surface area contributed by atoms with Crippen LogP contribution in [0.15, 0.2) is 18.2 Å². The SMILES string of the molecule is CCN(CCO)c1cccc(OC)c1[C@H](C)O. The zero-order chi connectivity index (χ0) is 12.8. The summed E-state index contributed by atoms with van der Waals surface area (Å²) in [5, 5.41) is 18.9. The lowest BCUT2D eigenvalue weighted by Gasteiger charge is -2.27. The minimum Gasteiger partial charge on any atom is -0.496 e. The monoisotopic (exact) mass is 239 g/mol. The number of benzene rings is 1. The molecule has 1 aromatic rings. The van der Waals surface area contributed by atoms with Crippen molar-refractivity contribution < 1.29 is 14.9 Å². The number of methoxy groups -OCH3 is 1. The van der Waals surface area contributed by atoms with Crippen LogP contribution in [0.2, 0.25) is 0 Å². The summed E-state index contributed by atoms with van der Waals surface area (Å²) in [5.41, 5.74) is 1.68. The van der Waals surface area contributed by atoms with E-state index in [-0.39, 0.29) is 6.61 Å². The van der Waals surface area contributed by atoms with Crippen molar-refractivity contribution in [2.45, 2.75) is 20.0 Å². The molecule has 96 valence electrons. The lowest BCUT2D eigenvalue weighted by atomic mass is 10.1. The quantitative estimate of drug-likeness (QED) is 0.791. The van der Waals surface area contributed by atoms with Gasteiger partial charge in [0.15, 0.2) is 0 Å². The Kier molecular flexibility index (Phi) is 5.25. The number of ether oxygens (including phenoxy) is 1. The highest BCUT2D eigenvalue weighted by atomic mass is 16.5. The maximum Gasteiger partial charge on any atom is 0.126 e. The fraction of sp³-hybridized carbons (Fsp3) is 0.538. The average Bonchev–Trinajstić information content (AvgIpc) is 2.34. The topological polar surface area (TPSA) is 52.9 Å². The molecule has 1 rings (SSSR count). The summed E-state index contributed by atoms with van der Waals surface area (Å²) in [5.74, 6) is 0.675. The number of hydrogen-bond donors (Lipinski definition) is 2. The van der Waals surface area contributed by atoms with Gasteiger partial charge < -0.3 is 19.8 Å². The van der Waals surface area contributed by atoms with Crippen LogP contribution >= 0.6 is 0 Å². The van der Waals surface area contributed by atoms with Gasteiger partial charge in [0.25, 0.3) is 0 Å².